The molecule has 1 heterocycles. The number of amides is 1. The predicted molar refractivity (Wildman–Crippen MR) is 129 cm³/mol. The lowest BCUT2D eigenvalue weighted by Gasteiger charge is -2.08. The molecule has 158 valence electrons. The van der Waals surface area contributed by atoms with Crippen LogP contribution >= 0.6 is 23.1 Å². The zero-order chi connectivity index (χ0) is 21.6. The van der Waals surface area contributed by atoms with Crippen LogP contribution in [0.2, 0.25) is 0 Å². The van der Waals surface area contributed by atoms with Crippen LogP contribution in [-0.2, 0) is 11.5 Å². The summed E-state index contributed by atoms with van der Waals surface area (Å²) in [7, 11) is 3.30. The molecular formula is C24H22N2O3S2. The fourth-order valence-corrected chi connectivity index (χ4v) is 4.91. The third-order valence-electron chi connectivity index (χ3n) is 4.74. The molecule has 0 saturated carbocycles. The van der Waals surface area contributed by atoms with E-state index in [-0.39, 0.29) is 5.91 Å². The third-order valence-corrected chi connectivity index (χ3v) is 6.58. The first-order chi connectivity index (χ1) is 15.2. The van der Waals surface area contributed by atoms with Crippen LogP contribution in [-0.4, -0.2) is 25.1 Å². The summed E-state index contributed by atoms with van der Waals surface area (Å²) in [6.07, 6.45) is 0. The molecule has 0 saturated heterocycles. The van der Waals surface area contributed by atoms with Gasteiger partial charge in [-0.3, -0.25) is 10.1 Å². The van der Waals surface area contributed by atoms with Crippen molar-refractivity contribution in [3.8, 4) is 11.5 Å². The number of benzene rings is 3. The molecule has 31 heavy (non-hydrogen) atoms. The van der Waals surface area contributed by atoms with E-state index in [0.717, 1.165) is 45.0 Å². The number of thioether (sulfide) groups is 1. The van der Waals surface area contributed by atoms with E-state index < -0.39 is 0 Å². The highest BCUT2D eigenvalue weighted by Gasteiger charge is 2.12. The molecule has 1 amide bonds. The van der Waals surface area contributed by atoms with Gasteiger partial charge in [0.15, 0.2) is 5.13 Å². The summed E-state index contributed by atoms with van der Waals surface area (Å²) in [6, 6.07) is 19.5. The number of ether oxygens (including phenoxy) is 2. The van der Waals surface area contributed by atoms with Crippen molar-refractivity contribution in [3.05, 3.63) is 82.9 Å². The molecule has 7 heteroatoms. The standard InChI is InChI=1S/C24H22N2O3S2/c1-28-19-10-16(11-20(12-19)29-2)13-30-14-18-15-31-24(25-18)26-23(27)22-9-5-7-17-6-3-4-8-21(17)22/h3-12,15H,13-14H2,1-2H3,(H,25,26,27). The van der Waals surface area contributed by atoms with Crippen LogP contribution in [0.3, 0.4) is 0 Å². The number of anilines is 1. The van der Waals surface area contributed by atoms with Crippen LogP contribution in [0, 0.1) is 0 Å². The summed E-state index contributed by atoms with van der Waals surface area (Å²) in [5, 5.41) is 7.50. The molecular weight excluding hydrogens is 428 g/mol. The first-order valence-corrected chi connectivity index (χ1v) is 11.7. The Balaban J connectivity index is 1.37. The predicted octanol–water partition coefficient (Wildman–Crippen LogP) is 6.00. The van der Waals surface area contributed by atoms with Crippen molar-refractivity contribution >= 4 is 44.9 Å². The summed E-state index contributed by atoms with van der Waals surface area (Å²) in [6.45, 7) is 0. The number of carbonyl (C=O) groups is 1. The first-order valence-electron chi connectivity index (χ1n) is 9.69. The molecule has 0 aliphatic carbocycles. The number of nitrogens with zero attached hydrogens (tertiary/aromatic N) is 1. The second-order valence-electron chi connectivity index (χ2n) is 6.84. The first kappa shape index (κ1) is 21.2. The van der Waals surface area contributed by atoms with Crippen LogP contribution < -0.4 is 14.8 Å². The average molecular weight is 451 g/mol. The summed E-state index contributed by atoms with van der Waals surface area (Å²) >= 11 is 3.19. The highest BCUT2D eigenvalue weighted by molar-refractivity contribution is 7.97. The maximum absolute atomic E-state index is 12.8. The molecule has 0 aliphatic heterocycles. The van der Waals surface area contributed by atoms with Gasteiger partial charge >= 0.3 is 0 Å². The number of rotatable bonds is 8. The highest BCUT2D eigenvalue weighted by Crippen LogP contribution is 2.28. The zero-order valence-electron chi connectivity index (χ0n) is 17.3. The Kier molecular flexibility index (Phi) is 6.74. The number of carbonyl (C=O) groups excluding carboxylic acids is 1. The van der Waals surface area contributed by atoms with Crippen molar-refractivity contribution in [1.29, 1.82) is 0 Å². The number of hydrogen-bond acceptors (Lipinski definition) is 6. The van der Waals surface area contributed by atoms with Crippen LogP contribution in [0.4, 0.5) is 5.13 Å². The van der Waals surface area contributed by atoms with Crippen molar-refractivity contribution in [2.45, 2.75) is 11.5 Å². The van der Waals surface area contributed by atoms with Crippen molar-refractivity contribution in [2.75, 3.05) is 19.5 Å². The number of fused-ring (bicyclic) bond motifs is 1. The fraction of sp³-hybridized carbons (Fsp3) is 0.167. The van der Waals surface area contributed by atoms with Crippen molar-refractivity contribution in [1.82, 2.24) is 4.98 Å². The molecule has 0 fully saturated rings. The monoisotopic (exact) mass is 450 g/mol. The van der Waals surface area contributed by atoms with Crippen LogP contribution in [0.25, 0.3) is 10.8 Å². The summed E-state index contributed by atoms with van der Waals surface area (Å²) in [5.74, 6) is 2.97. The number of aromatic nitrogens is 1. The van der Waals surface area contributed by atoms with Crippen LogP contribution in [0.5, 0.6) is 11.5 Å². The van der Waals surface area contributed by atoms with E-state index >= 15 is 0 Å². The number of thiazole rings is 1. The van der Waals surface area contributed by atoms with Gasteiger partial charge in [0.05, 0.1) is 19.9 Å². The van der Waals surface area contributed by atoms with E-state index in [1.807, 2.05) is 66.0 Å². The number of nitrogens with one attached hydrogen (secondary N) is 1. The zero-order valence-corrected chi connectivity index (χ0v) is 18.9. The van der Waals surface area contributed by atoms with Gasteiger partial charge in [-0.05, 0) is 34.5 Å². The Morgan fingerprint density at radius 3 is 2.52 bits per heavy atom. The Morgan fingerprint density at radius 2 is 1.74 bits per heavy atom. The molecule has 0 atom stereocenters. The molecule has 1 aromatic heterocycles. The van der Waals surface area contributed by atoms with Gasteiger partial charge in [-0.15, -0.1) is 11.3 Å². The van der Waals surface area contributed by atoms with E-state index in [9.17, 15) is 4.79 Å². The van der Waals surface area contributed by atoms with Gasteiger partial charge < -0.3 is 9.47 Å². The van der Waals surface area contributed by atoms with Crippen molar-refractivity contribution in [3.63, 3.8) is 0 Å². The molecule has 0 radical (unpaired) electrons. The maximum atomic E-state index is 12.8. The van der Waals surface area contributed by atoms with Gasteiger partial charge in [0.25, 0.3) is 5.91 Å². The number of hydrogen-bond donors (Lipinski definition) is 1. The summed E-state index contributed by atoms with van der Waals surface area (Å²) in [5.41, 5.74) is 2.72. The molecule has 3 aromatic carbocycles. The highest BCUT2D eigenvalue weighted by atomic mass is 32.2. The Labute approximate surface area is 189 Å². The fourth-order valence-electron chi connectivity index (χ4n) is 3.24. The molecule has 0 aliphatic rings. The molecule has 4 aromatic rings. The van der Waals surface area contributed by atoms with E-state index in [1.165, 1.54) is 11.3 Å². The maximum Gasteiger partial charge on any atom is 0.258 e. The van der Waals surface area contributed by atoms with E-state index in [4.69, 9.17) is 9.47 Å². The van der Waals surface area contributed by atoms with Gasteiger partial charge in [0.2, 0.25) is 0 Å². The molecule has 1 N–H and O–H groups in total. The largest absolute Gasteiger partial charge is 0.497 e. The van der Waals surface area contributed by atoms with Gasteiger partial charge in [0.1, 0.15) is 11.5 Å². The van der Waals surface area contributed by atoms with Crippen molar-refractivity contribution < 1.29 is 14.3 Å². The molecule has 4 rings (SSSR count). The third kappa shape index (κ3) is 5.18. The molecule has 0 unspecified atom stereocenters. The Hall–Kier alpha value is -3.03. The summed E-state index contributed by atoms with van der Waals surface area (Å²) in [4.78, 5) is 17.4. The topological polar surface area (TPSA) is 60.5 Å². The Bertz CT molecular complexity index is 1180. The summed E-state index contributed by atoms with van der Waals surface area (Å²) < 4.78 is 10.7. The lowest BCUT2D eigenvalue weighted by Crippen LogP contribution is -2.12. The second kappa shape index (κ2) is 9.85. The minimum absolute atomic E-state index is 0.145. The molecule has 0 spiro atoms. The van der Waals surface area contributed by atoms with Crippen LogP contribution in [0.15, 0.2) is 66.0 Å². The van der Waals surface area contributed by atoms with Crippen LogP contribution in [0.1, 0.15) is 21.6 Å². The lowest BCUT2D eigenvalue weighted by atomic mass is 10.0. The quantitative estimate of drug-likeness (QED) is 0.357. The molecule has 5 nitrogen and oxygen atoms in total. The van der Waals surface area contributed by atoms with E-state index in [2.05, 4.69) is 10.3 Å². The van der Waals surface area contributed by atoms with Gasteiger partial charge in [0, 0.05) is 28.5 Å². The number of methoxy groups -OCH3 is 2. The van der Waals surface area contributed by atoms with Gasteiger partial charge in [-0.2, -0.15) is 11.8 Å². The van der Waals surface area contributed by atoms with Crippen molar-refractivity contribution in [2.24, 2.45) is 0 Å². The minimum atomic E-state index is -0.145. The molecule has 0 bridgehead atoms. The normalized spacial score (nSPS) is 10.8. The van der Waals surface area contributed by atoms with Gasteiger partial charge in [-0.25, -0.2) is 4.98 Å². The SMILES string of the molecule is COc1cc(CSCc2csc(NC(=O)c3cccc4ccccc34)n2)cc(OC)c1. The average Bonchev–Trinajstić information content (AvgIpc) is 3.25. The second-order valence-corrected chi connectivity index (χ2v) is 8.68. The van der Waals surface area contributed by atoms with E-state index in [1.54, 1.807) is 26.0 Å². The lowest BCUT2D eigenvalue weighted by molar-refractivity contribution is 0.102. The smallest absolute Gasteiger partial charge is 0.258 e. The Morgan fingerprint density at radius 1 is 1.00 bits per heavy atom. The van der Waals surface area contributed by atoms with Gasteiger partial charge in [-0.1, -0.05) is 36.4 Å². The van der Waals surface area contributed by atoms with E-state index in [0.29, 0.717) is 10.7 Å². The minimum Gasteiger partial charge on any atom is -0.497 e.